The molecule has 0 aromatic rings. The summed E-state index contributed by atoms with van der Waals surface area (Å²) in [6.07, 6.45) is 0. The standard InChI is InChI=1S/C2H6NOP/c1-3-5-4-2/h5H,1H2,2H3. The van der Waals surface area contributed by atoms with E-state index in [0.29, 0.717) is 0 Å². The molecule has 0 heterocycles. The fourth-order valence-corrected chi connectivity index (χ4v) is 0.194. The molecule has 0 aliphatic carbocycles. The van der Waals surface area contributed by atoms with E-state index in [2.05, 4.69) is 16.0 Å². The van der Waals surface area contributed by atoms with Gasteiger partial charge in [-0.1, -0.05) is 0 Å². The van der Waals surface area contributed by atoms with Crippen molar-refractivity contribution in [1.82, 2.24) is 0 Å². The third-order valence-corrected chi connectivity index (χ3v) is 0.468. The van der Waals surface area contributed by atoms with Gasteiger partial charge >= 0.3 is 0 Å². The summed E-state index contributed by atoms with van der Waals surface area (Å²) in [5, 5.41) is 0. The van der Waals surface area contributed by atoms with Gasteiger partial charge in [-0.05, 0) is 6.72 Å². The molecule has 1 atom stereocenters. The first-order valence-corrected chi connectivity index (χ1v) is 2.01. The molecule has 0 spiro atoms. The first-order valence-electron chi connectivity index (χ1n) is 1.15. The van der Waals surface area contributed by atoms with E-state index >= 15 is 0 Å². The molecule has 0 saturated heterocycles. The molecule has 0 N–H and O–H groups in total. The average Bonchev–Trinajstić information content (AvgIpc) is 1.41. The predicted octanol–water partition coefficient (Wildman–Crippen LogP) is 0.842. The van der Waals surface area contributed by atoms with Crippen molar-refractivity contribution in [3.63, 3.8) is 0 Å². The molecule has 2 nitrogen and oxygen atoms in total. The molecule has 0 radical (unpaired) electrons. The van der Waals surface area contributed by atoms with E-state index < -0.39 is 0 Å². The van der Waals surface area contributed by atoms with Crippen LogP contribution in [-0.4, -0.2) is 13.8 Å². The summed E-state index contributed by atoms with van der Waals surface area (Å²) in [5.74, 6) is 0. The Morgan fingerprint density at radius 3 is 2.60 bits per heavy atom. The van der Waals surface area contributed by atoms with Crippen molar-refractivity contribution in [1.29, 1.82) is 0 Å². The lowest BCUT2D eigenvalue weighted by atomic mass is 11.8. The van der Waals surface area contributed by atoms with Crippen LogP contribution in [0.3, 0.4) is 0 Å². The van der Waals surface area contributed by atoms with Crippen molar-refractivity contribution in [3.8, 4) is 0 Å². The number of rotatable bonds is 2. The molecule has 0 bridgehead atoms. The Labute approximate surface area is 33.2 Å². The highest BCUT2D eigenvalue weighted by Gasteiger charge is 1.58. The van der Waals surface area contributed by atoms with Crippen LogP contribution in [0.2, 0.25) is 0 Å². The van der Waals surface area contributed by atoms with Crippen LogP contribution in [0.25, 0.3) is 0 Å². The van der Waals surface area contributed by atoms with Crippen molar-refractivity contribution < 1.29 is 4.52 Å². The minimum atomic E-state index is 0.211. The summed E-state index contributed by atoms with van der Waals surface area (Å²) in [6.45, 7) is 3.19. The Kier molecular flexibility index (Phi) is 4.11. The van der Waals surface area contributed by atoms with E-state index in [-0.39, 0.29) is 8.96 Å². The minimum Gasteiger partial charge on any atom is -0.343 e. The summed E-state index contributed by atoms with van der Waals surface area (Å²) < 4.78 is 7.90. The molecule has 0 rings (SSSR count). The maximum atomic E-state index is 4.49. The molecule has 5 heavy (non-hydrogen) atoms. The lowest BCUT2D eigenvalue weighted by Crippen LogP contribution is -1.49. The summed E-state index contributed by atoms with van der Waals surface area (Å²) in [5.41, 5.74) is 0. The number of hydrogen-bond donors (Lipinski definition) is 0. The van der Waals surface area contributed by atoms with Gasteiger partial charge in [0.2, 0.25) is 0 Å². The second kappa shape index (κ2) is 4.06. The fraction of sp³-hybridized carbons (Fsp3) is 0.500. The lowest BCUT2D eigenvalue weighted by Gasteiger charge is -1.78. The van der Waals surface area contributed by atoms with E-state index in [1.54, 1.807) is 7.11 Å². The predicted molar refractivity (Wildman–Crippen MR) is 24.9 cm³/mol. The Bertz CT molecular complexity index is 30.8. The zero-order valence-electron chi connectivity index (χ0n) is 3.06. The van der Waals surface area contributed by atoms with Gasteiger partial charge in [-0.15, -0.1) is 0 Å². The average molecular weight is 91.0 g/mol. The normalized spacial score (nSPS) is 9.80. The smallest absolute Gasteiger partial charge is 0.136 e. The van der Waals surface area contributed by atoms with Crippen LogP contribution >= 0.6 is 8.96 Å². The molecule has 0 aromatic heterocycles. The van der Waals surface area contributed by atoms with Gasteiger partial charge in [-0.3, -0.25) is 4.76 Å². The molecule has 0 aliphatic heterocycles. The molecule has 0 fully saturated rings. The molecule has 30 valence electrons. The van der Waals surface area contributed by atoms with Crippen LogP contribution in [0.4, 0.5) is 0 Å². The highest BCUT2D eigenvalue weighted by molar-refractivity contribution is 7.30. The molecular formula is C2H6NOP. The maximum absolute atomic E-state index is 4.49. The van der Waals surface area contributed by atoms with Gasteiger partial charge in [0, 0.05) is 7.11 Å². The van der Waals surface area contributed by atoms with Gasteiger partial charge in [0.15, 0.2) is 0 Å². The van der Waals surface area contributed by atoms with Crippen LogP contribution in [0.5, 0.6) is 0 Å². The Morgan fingerprint density at radius 1 is 2.00 bits per heavy atom. The largest absolute Gasteiger partial charge is 0.343 e. The van der Waals surface area contributed by atoms with E-state index in [4.69, 9.17) is 0 Å². The van der Waals surface area contributed by atoms with E-state index in [1.165, 1.54) is 0 Å². The summed E-state index contributed by atoms with van der Waals surface area (Å²) in [7, 11) is 1.80. The SMILES string of the molecule is C=NPOC. The van der Waals surface area contributed by atoms with Crippen LogP contribution in [0.1, 0.15) is 0 Å². The monoisotopic (exact) mass is 91.0 g/mol. The molecule has 1 unspecified atom stereocenters. The van der Waals surface area contributed by atoms with E-state index in [0.717, 1.165) is 0 Å². The summed E-state index contributed by atoms with van der Waals surface area (Å²) >= 11 is 0. The molecule has 0 aromatic carbocycles. The lowest BCUT2D eigenvalue weighted by molar-refractivity contribution is 0.476. The van der Waals surface area contributed by atoms with Crippen LogP contribution in [0, 0.1) is 0 Å². The fourth-order valence-electron chi connectivity index (χ4n) is 0.0645. The third kappa shape index (κ3) is 4.06. The van der Waals surface area contributed by atoms with Crippen molar-refractivity contribution >= 4 is 15.7 Å². The summed E-state index contributed by atoms with van der Waals surface area (Å²) in [4.78, 5) is 0. The van der Waals surface area contributed by atoms with Gasteiger partial charge in [-0.2, -0.15) is 0 Å². The van der Waals surface area contributed by atoms with Crippen LogP contribution in [-0.2, 0) is 4.52 Å². The highest BCUT2D eigenvalue weighted by atomic mass is 31.1. The highest BCUT2D eigenvalue weighted by Crippen LogP contribution is 2.06. The zero-order valence-corrected chi connectivity index (χ0v) is 4.06. The van der Waals surface area contributed by atoms with Crippen LogP contribution < -0.4 is 0 Å². The molecule has 0 saturated carbocycles. The third-order valence-electron chi connectivity index (χ3n) is 0.156. The minimum absolute atomic E-state index is 0.211. The Hall–Kier alpha value is 0.0600. The quantitative estimate of drug-likeness (QED) is 0.364. The van der Waals surface area contributed by atoms with Crippen molar-refractivity contribution in [3.05, 3.63) is 0 Å². The van der Waals surface area contributed by atoms with Crippen molar-refractivity contribution in [2.24, 2.45) is 4.76 Å². The van der Waals surface area contributed by atoms with Gasteiger partial charge in [0.1, 0.15) is 8.96 Å². The second-order valence-electron chi connectivity index (χ2n) is 0.454. The first-order chi connectivity index (χ1) is 2.41. The van der Waals surface area contributed by atoms with Gasteiger partial charge in [-0.25, -0.2) is 0 Å². The number of nitrogens with zero attached hydrogens (tertiary/aromatic N) is 1. The van der Waals surface area contributed by atoms with E-state index in [9.17, 15) is 0 Å². The van der Waals surface area contributed by atoms with Crippen LogP contribution in [0.15, 0.2) is 4.76 Å². The summed E-state index contributed by atoms with van der Waals surface area (Å²) in [6, 6.07) is 0. The Morgan fingerprint density at radius 2 is 2.60 bits per heavy atom. The molecule has 3 heteroatoms. The topological polar surface area (TPSA) is 21.6 Å². The Balaban J connectivity index is 2.40. The zero-order chi connectivity index (χ0) is 4.12. The molecular weight excluding hydrogens is 85.0 g/mol. The van der Waals surface area contributed by atoms with Gasteiger partial charge in [0.25, 0.3) is 0 Å². The van der Waals surface area contributed by atoms with Gasteiger partial charge in [0.05, 0.1) is 0 Å². The number of hydrogen-bond acceptors (Lipinski definition) is 2. The maximum Gasteiger partial charge on any atom is 0.136 e. The molecule has 0 aliphatic rings. The van der Waals surface area contributed by atoms with E-state index in [1.807, 2.05) is 0 Å². The second-order valence-corrected chi connectivity index (χ2v) is 1.36. The molecule has 0 amide bonds. The first kappa shape index (κ1) is 5.06. The van der Waals surface area contributed by atoms with Crippen molar-refractivity contribution in [2.75, 3.05) is 7.11 Å². The van der Waals surface area contributed by atoms with Crippen molar-refractivity contribution in [2.45, 2.75) is 0 Å². The van der Waals surface area contributed by atoms with Gasteiger partial charge < -0.3 is 4.52 Å².